The Balaban J connectivity index is 2.29. The normalized spacial score (nSPS) is 10.9. The predicted octanol–water partition coefficient (Wildman–Crippen LogP) is 4.31. The maximum atomic E-state index is 4.74. The Morgan fingerprint density at radius 3 is 2.48 bits per heavy atom. The first kappa shape index (κ1) is 16.0. The number of nitrogens with zero attached hydrogens (tertiary/aromatic N) is 3. The number of hydrogen-bond donors (Lipinski definition) is 0. The van der Waals surface area contributed by atoms with Crippen LogP contribution in [0.3, 0.4) is 0 Å². The quantitative estimate of drug-likeness (QED) is 0.729. The number of aromatic nitrogens is 2. The van der Waals surface area contributed by atoms with Gasteiger partial charge in [-0.05, 0) is 24.5 Å². The molecule has 0 spiro atoms. The minimum Gasteiger partial charge on any atom is -0.336 e. The third kappa shape index (κ3) is 4.53. The summed E-state index contributed by atoms with van der Waals surface area (Å²) >= 11 is 3.53. The zero-order valence-electron chi connectivity index (χ0n) is 12.9. The number of benzene rings is 1. The lowest BCUT2D eigenvalue weighted by Gasteiger charge is -2.23. The number of halogens is 1. The molecular formula is C17H22BrN3. The van der Waals surface area contributed by atoms with Crippen LogP contribution in [0.25, 0.3) is 0 Å². The topological polar surface area (TPSA) is 29.0 Å². The summed E-state index contributed by atoms with van der Waals surface area (Å²) < 4.78 is 0. The van der Waals surface area contributed by atoms with Gasteiger partial charge in [0.25, 0.3) is 0 Å². The first-order chi connectivity index (χ1) is 10.1. The van der Waals surface area contributed by atoms with Crippen molar-refractivity contribution in [2.45, 2.75) is 33.2 Å². The molecule has 1 heterocycles. The van der Waals surface area contributed by atoms with E-state index in [1.807, 2.05) is 13.0 Å². The Bertz CT molecular complexity index is 570. The third-order valence-electron chi connectivity index (χ3n) is 3.31. The smallest absolute Gasteiger partial charge is 0.226 e. The van der Waals surface area contributed by atoms with E-state index >= 15 is 0 Å². The van der Waals surface area contributed by atoms with Crippen LogP contribution in [-0.2, 0) is 6.54 Å². The standard InChI is InChI=1S/C17H22BrN3/c1-13(2)16-11-14(3)19-17(20-16)21(10-9-18)12-15-7-5-4-6-8-15/h4-8,11,13H,9-10,12H2,1-3H3. The maximum Gasteiger partial charge on any atom is 0.226 e. The Morgan fingerprint density at radius 2 is 1.86 bits per heavy atom. The molecule has 0 radical (unpaired) electrons. The van der Waals surface area contributed by atoms with Gasteiger partial charge >= 0.3 is 0 Å². The fourth-order valence-corrected chi connectivity index (χ4v) is 2.60. The zero-order valence-corrected chi connectivity index (χ0v) is 14.5. The molecule has 4 heteroatoms. The van der Waals surface area contributed by atoms with Gasteiger partial charge in [0.05, 0.1) is 0 Å². The number of alkyl halides is 1. The molecule has 0 saturated heterocycles. The third-order valence-corrected chi connectivity index (χ3v) is 3.66. The van der Waals surface area contributed by atoms with E-state index in [-0.39, 0.29) is 0 Å². The maximum absolute atomic E-state index is 4.74. The second kappa shape index (κ2) is 7.55. The van der Waals surface area contributed by atoms with Crippen molar-refractivity contribution >= 4 is 21.9 Å². The summed E-state index contributed by atoms with van der Waals surface area (Å²) in [6.45, 7) is 8.07. The minimum absolute atomic E-state index is 0.410. The van der Waals surface area contributed by atoms with Gasteiger partial charge in [0.2, 0.25) is 5.95 Å². The van der Waals surface area contributed by atoms with E-state index < -0.39 is 0 Å². The first-order valence-corrected chi connectivity index (χ1v) is 8.42. The van der Waals surface area contributed by atoms with Gasteiger partial charge in [-0.1, -0.05) is 60.1 Å². The van der Waals surface area contributed by atoms with Crippen molar-refractivity contribution in [1.82, 2.24) is 9.97 Å². The van der Waals surface area contributed by atoms with Gasteiger partial charge in [-0.15, -0.1) is 0 Å². The second-order valence-corrected chi connectivity index (χ2v) is 6.28. The van der Waals surface area contributed by atoms with Crippen molar-refractivity contribution in [3.05, 3.63) is 53.3 Å². The number of hydrogen-bond acceptors (Lipinski definition) is 3. The van der Waals surface area contributed by atoms with E-state index in [0.717, 1.165) is 35.8 Å². The van der Waals surface area contributed by atoms with Crippen molar-refractivity contribution in [2.24, 2.45) is 0 Å². The molecule has 2 rings (SSSR count). The number of anilines is 1. The lowest BCUT2D eigenvalue weighted by atomic mass is 10.1. The fourth-order valence-electron chi connectivity index (χ4n) is 2.17. The van der Waals surface area contributed by atoms with Crippen LogP contribution in [0.4, 0.5) is 5.95 Å². The summed E-state index contributed by atoms with van der Waals surface area (Å²) in [4.78, 5) is 11.6. The molecule has 0 aliphatic carbocycles. The molecule has 0 aliphatic heterocycles. The molecule has 0 aliphatic rings. The Morgan fingerprint density at radius 1 is 1.14 bits per heavy atom. The lowest BCUT2D eigenvalue weighted by Crippen LogP contribution is -2.27. The van der Waals surface area contributed by atoms with Gasteiger partial charge in [-0.25, -0.2) is 9.97 Å². The summed E-state index contributed by atoms with van der Waals surface area (Å²) in [6.07, 6.45) is 0. The van der Waals surface area contributed by atoms with Crippen LogP contribution >= 0.6 is 15.9 Å². The monoisotopic (exact) mass is 347 g/mol. The minimum atomic E-state index is 0.410. The highest BCUT2D eigenvalue weighted by Crippen LogP contribution is 2.18. The van der Waals surface area contributed by atoms with Gasteiger partial charge in [0.1, 0.15) is 0 Å². The van der Waals surface area contributed by atoms with Crippen LogP contribution in [0.5, 0.6) is 0 Å². The molecule has 3 nitrogen and oxygen atoms in total. The molecule has 0 bridgehead atoms. The highest BCUT2D eigenvalue weighted by Gasteiger charge is 2.13. The van der Waals surface area contributed by atoms with Crippen LogP contribution in [0.2, 0.25) is 0 Å². The van der Waals surface area contributed by atoms with E-state index in [1.54, 1.807) is 0 Å². The van der Waals surface area contributed by atoms with Crippen molar-refractivity contribution in [3.63, 3.8) is 0 Å². The molecule has 0 saturated carbocycles. The van der Waals surface area contributed by atoms with Gasteiger partial charge < -0.3 is 4.90 Å². The van der Waals surface area contributed by atoms with Crippen LogP contribution in [-0.4, -0.2) is 21.8 Å². The first-order valence-electron chi connectivity index (χ1n) is 7.30. The van der Waals surface area contributed by atoms with E-state index in [2.05, 4.69) is 70.0 Å². The van der Waals surface area contributed by atoms with Gasteiger partial charge in [-0.3, -0.25) is 0 Å². The van der Waals surface area contributed by atoms with Crippen molar-refractivity contribution in [3.8, 4) is 0 Å². The van der Waals surface area contributed by atoms with Gasteiger partial charge in [0, 0.05) is 29.8 Å². The zero-order chi connectivity index (χ0) is 15.2. The van der Waals surface area contributed by atoms with Crippen molar-refractivity contribution in [2.75, 3.05) is 16.8 Å². The molecule has 21 heavy (non-hydrogen) atoms. The summed E-state index contributed by atoms with van der Waals surface area (Å²) in [6, 6.07) is 12.5. The highest BCUT2D eigenvalue weighted by atomic mass is 79.9. The Kier molecular flexibility index (Phi) is 5.74. The number of aryl methyl sites for hydroxylation is 1. The Labute approximate surface area is 135 Å². The largest absolute Gasteiger partial charge is 0.336 e. The number of rotatable bonds is 6. The van der Waals surface area contributed by atoms with Gasteiger partial charge in [-0.2, -0.15) is 0 Å². The molecule has 0 amide bonds. The lowest BCUT2D eigenvalue weighted by molar-refractivity contribution is 0.756. The molecule has 2 aromatic rings. The SMILES string of the molecule is Cc1cc(C(C)C)nc(N(CCBr)Cc2ccccc2)n1. The summed E-state index contributed by atoms with van der Waals surface area (Å²) in [5.74, 6) is 1.23. The van der Waals surface area contributed by atoms with E-state index in [4.69, 9.17) is 4.98 Å². The molecular weight excluding hydrogens is 326 g/mol. The average molecular weight is 348 g/mol. The highest BCUT2D eigenvalue weighted by molar-refractivity contribution is 9.09. The van der Waals surface area contributed by atoms with Crippen LogP contribution in [0.1, 0.15) is 36.7 Å². The molecule has 0 atom stereocenters. The summed E-state index contributed by atoms with van der Waals surface area (Å²) in [5.41, 5.74) is 3.40. The van der Waals surface area contributed by atoms with Crippen LogP contribution in [0, 0.1) is 6.92 Å². The van der Waals surface area contributed by atoms with Crippen LogP contribution in [0.15, 0.2) is 36.4 Å². The van der Waals surface area contributed by atoms with Crippen molar-refractivity contribution < 1.29 is 0 Å². The van der Waals surface area contributed by atoms with E-state index in [1.165, 1.54) is 5.56 Å². The summed E-state index contributed by atoms with van der Waals surface area (Å²) in [7, 11) is 0. The van der Waals surface area contributed by atoms with Crippen LogP contribution < -0.4 is 4.90 Å². The van der Waals surface area contributed by atoms with Gasteiger partial charge in [0.15, 0.2) is 0 Å². The molecule has 112 valence electrons. The second-order valence-electron chi connectivity index (χ2n) is 5.49. The predicted molar refractivity (Wildman–Crippen MR) is 92.1 cm³/mol. The molecule has 0 fully saturated rings. The van der Waals surface area contributed by atoms with E-state index in [0.29, 0.717) is 5.92 Å². The molecule has 0 N–H and O–H groups in total. The van der Waals surface area contributed by atoms with E-state index in [9.17, 15) is 0 Å². The molecule has 1 aromatic carbocycles. The van der Waals surface area contributed by atoms with Crippen molar-refractivity contribution in [1.29, 1.82) is 0 Å². The summed E-state index contributed by atoms with van der Waals surface area (Å²) in [5, 5.41) is 0.897. The fraction of sp³-hybridized carbons (Fsp3) is 0.412. The average Bonchev–Trinajstić information content (AvgIpc) is 2.47. The Hall–Kier alpha value is -1.42. The molecule has 1 aromatic heterocycles. The molecule has 0 unspecified atom stereocenters.